The lowest BCUT2D eigenvalue weighted by Crippen LogP contribution is -1.83. The molecular weight excluding hydrogens is 188 g/mol. The molecule has 1 rings (SSSR count). The summed E-state index contributed by atoms with van der Waals surface area (Å²) in [7, 11) is 0. The Hall–Kier alpha value is -0.690. The zero-order valence-corrected chi connectivity index (χ0v) is 9.76. The molecule has 0 amide bonds. The van der Waals surface area contributed by atoms with Crippen molar-refractivity contribution in [1.82, 2.24) is 0 Å². The van der Waals surface area contributed by atoms with Gasteiger partial charge in [-0.15, -0.1) is 0 Å². The van der Waals surface area contributed by atoms with Crippen LogP contribution in [0.4, 0.5) is 0 Å². The Balaban J connectivity index is 2.21. The van der Waals surface area contributed by atoms with E-state index in [0.29, 0.717) is 0 Å². The number of hydrogen-bond acceptors (Lipinski definition) is 1. The molecule has 0 N–H and O–H groups in total. The Morgan fingerprint density at radius 3 is 2.57 bits per heavy atom. The van der Waals surface area contributed by atoms with E-state index in [-0.39, 0.29) is 0 Å². The average Bonchev–Trinajstić information content (AvgIpc) is 2.18. The molecule has 0 fully saturated rings. The summed E-state index contributed by atoms with van der Waals surface area (Å²) in [6.45, 7) is 4.52. The van der Waals surface area contributed by atoms with Gasteiger partial charge in [0.25, 0.3) is 0 Å². The third-order valence-corrected chi connectivity index (χ3v) is 2.83. The van der Waals surface area contributed by atoms with Crippen LogP contribution >= 0.6 is 11.8 Å². The van der Waals surface area contributed by atoms with Gasteiger partial charge >= 0.3 is 0 Å². The van der Waals surface area contributed by atoms with Crippen molar-refractivity contribution in [3.8, 4) is 0 Å². The minimum Gasteiger partial charge on any atom is -0.0984 e. The lowest BCUT2D eigenvalue weighted by molar-refractivity contribution is 0.594. The van der Waals surface area contributed by atoms with Crippen LogP contribution in [0, 0.1) is 5.92 Å². The molecule has 0 aromatic heterocycles. The van der Waals surface area contributed by atoms with Gasteiger partial charge in [0.15, 0.2) is 0 Å². The summed E-state index contributed by atoms with van der Waals surface area (Å²) < 4.78 is 0. The smallest absolute Gasteiger partial charge is 0.0116 e. The number of rotatable bonds is 5. The Morgan fingerprint density at radius 2 is 1.93 bits per heavy atom. The summed E-state index contributed by atoms with van der Waals surface area (Å²) in [5, 5.41) is 2.19. The number of hydrogen-bond donors (Lipinski definition) is 0. The summed E-state index contributed by atoms with van der Waals surface area (Å²) in [5.74, 6) is 0.807. The van der Waals surface area contributed by atoms with E-state index in [1.165, 1.54) is 17.7 Å². The van der Waals surface area contributed by atoms with Crippen LogP contribution in [-0.2, 0) is 0 Å². The Bertz CT molecular complexity index is 262. The van der Waals surface area contributed by atoms with Gasteiger partial charge in [-0.05, 0) is 36.3 Å². The molecule has 0 aliphatic rings. The minimum atomic E-state index is 0.807. The first-order valence-corrected chi connectivity index (χ1v) is 6.03. The molecule has 0 aliphatic heterocycles. The van der Waals surface area contributed by atoms with E-state index in [4.69, 9.17) is 0 Å². The highest BCUT2D eigenvalue weighted by Crippen LogP contribution is 2.18. The van der Waals surface area contributed by atoms with Crippen LogP contribution in [0.2, 0.25) is 0 Å². The lowest BCUT2D eigenvalue weighted by atomic mass is 10.1. The Labute approximate surface area is 91.4 Å². The summed E-state index contributed by atoms with van der Waals surface area (Å²) in [4.78, 5) is 1.31. The molecule has 0 saturated heterocycles. The topological polar surface area (TPSA) is 0 Å². The fourth-order valence-corrected chi connectivity index (χ4v) is 1.83. The van der Waals surface area contributed by atoms with Crippen LogP contribution in [0.3, 0.4) is 0 Å². The average molecular weight is 206 g/mol. The molecular formula is C13H18S. The summed E-state index contributed by atoms with van der Waals surface area (Å²) in [6.07, 6.45) is 4.74. The molecule has 1 heteroatoms. The van der Waals surface area contributed by atoms with Gasteiger partial charge < -0.3 is 0 Å². The Morgan fingerprint density at radius 1 is 1.21 bits per heavy atom. The monoisotopic (exact) mass is 206 g/mol. The van der Waals surface area contributed by atoms with Gasteiger partial charge in [-0.25, -0.2) is 0 Å². The standard InChI is InChI=1S/C13H18S/c1-12(2)8-6-7-11-14-13-9-4-3-5-10-13/h3-5,7,9-12H,6,8H2,1-2H3/b11-7+. The van der Waals surface area contributed by atoms with Crippen LogP contribution in [0.15, 0.2) is 46.7 Å². The molecule has 76 valence electrons. The molecule has 0 aliphatic carbocycles. The third kappa shape index (κ3) is 5.13. The second-order valence-electron chi connectivity index (χ2n) is 3.77. The zero-order chi connectivity index (χ0) is 10.2. The molecule has 1 aromatic carbocycles. The van der Waals surface area contributed by atoms with Crippen molar-refractivity contribution in [3.05, 3.63) is 41.8 Å². The maximum Gasteiger partial charge on any atom is 0.0116 e. The van der Waals surface area contributed by atoms with Crippen LogP contribution < -0.4 is 0 Å². The third-order valence-electron chi connectivity index (χ3n) is 1.95. The van der Waals surface area contributed by atoms with E-state index in [1.54, 1.807) is 11.8 Å². The SMILES string of the molecule is CC(C)CC/C=C/Sc1ccccc1. The fraction of sp³-hybridized carbons (Fsp3) is 0.385. The van der Waals surface area contributed by atoms with Crippen LogP contribution in [0.5, 0.6) is 0 Å². The van der Waals surface area contributed by atoms with Gasteiger partial charge in [-0.3, -0.25) is 0 Å². The molecule has 0 bridgehead atoms. The first-order chi connectivity index (χ1) is 6.79. The molecule has 0 atom stereocenters. The summed E-state index contributed by atoms with van der Waals surface area (Å²) >= 11 is 1.79. The molecule has 0 spiro atoms. The van der Waals surface area contributed by atoms with Crippen LogP contribution in [-0.4, -0.2) is 0 Å². The predicted molar refractivity (Wildman–Crippen MR) is 65.5 cm³/mol. The predicted octanol–water partition coefficient (Wildman–Crippen LogP) is 4.73. The van der Waals surface area contributed by atoms with Gasteiger partial charge in [0.2, 0.25) is 0 Å². The normalized spacial score (nSPS) is 11.4. The highest BCUT2D eigenvalue weighted by molar-refractivity contribution is 8.02. The van der Waals surface area contributed by atoms with Gasteiger partial charge in [0.05, 0.1) is 0 Å². The number of allylic oxidation sites excluding steroid dienone is 1. The molecule has 0 heterocycles. The van der Waals surface area contributed by atoms with Crippen molar-refractivity contribution in [2.45, 2.75) is 31.6 Å². The quantitative estimate of drug-likeness (QED) is 0.628. The fourth-order valence-electron chi connectivity index (χ4n) is 1.12. The maximum absolute atomic E-state index is 2.26. The zero-order valence-electron chi connectivity index (χ0n) is 8.94. The molecule has 1 aromatic rings. The lowest BCUT2D eigenvalue weighted by Gasteiger charge is -1.99. The summed E-state index contributed by atoms with van der Waals surface area (Å²) in [6, 6.07) is 10.5. The first kappa shape index (κ1) is 11.4. The van der Waals surface area contributed by atoms with Crippen molar-refractivity contribution in [2.24, 2.45) is 5.92 Å². The van der Waals surface area contributed by atoms with Crippen molar-refractivity contribution in [2.75, 3.05) is 0 Å². The molecule has 14 heavy (non-hydrogen) atoms. The second kappa shape index (κ2) is 6.72. The van der Waals surface area contributed by atoms with Gasteiger partial charge in [0.1, 0.15) is 0 Å². The molecule has 0 radical (unpaired) electrons. The van der Waals surface area contributed by atoms with Gasteiger partial charge in [0, 0.05) is 4.90 Å². The van der Waals surface area contributed by atoms with Crippen molar-refractivity contribution >= 4 is 11.8 Å². The molecule has 0 saturated carbocycles. The second-order valence-corrected chi connectivity index (χ2v) is 4.75. The highest BCUT2D eigenvalue weighted by atomic mass is 32.2. The highest BCUT2D eigenvalue weighted by Gasteiger charge is 1.90. The van der Waals surface area contributed by atoms with Crippen LogP contribution in [0.25, 0.3) is 0 Å². The van der Waals surface area contributed by atoms with Gasteiger partial charge in [-0.1, -0.05) is 49.9 Å². The van der Waals surface area contributed by atoms with E-state index < -0.39 is 0 Å². The number of benzene rings is 1. The van der Waals surface area contributed by atoms with Crippen LogP contribution in [0.1, 0.15) is 26.7 Å². The van der Waals surface area contributed by atoms with E-state index in [2.05, 4.69) is 49.6 Å². The van der Waals surface area contributed by atoms with E-state index in [0.717, 1.165) is 5.92 Å². The Kier molecular flexibility index (Phi) is 5.46. The molecule has 0 unspecified atom stereocenters. The molecule has 0 nitrogen and oxygen atoms in total. The van der Waals surface area contributed by atoms with Crippen molar-refractivity contribution < 1.29 is 0 Å². The number of thioether (sulfide) groups is 1. The largest absolute Gasteiger partial charge is 0.0984 e. The van der Waals surface area contributed by atoms with E-state index in [9.17, 15) is 0 Å². The van der Waals surface area contributed by atoms with E-state index >= 15 is 0 Å². The summed E-state index contributed by atoms with van der Waals surface area (Å²) in [5.41, 5.74) is 0. The first-order valence-electron chi connectivity index (χ1n) is 5.16. The minimum absolute atomic E-state index is 0.807. The van der Waals surface area contributed by atoms with Gasteiger partial charge in [-0.2, -0.15) is 0 Å². The van der Waals surface area contributed by atoms with E-state index in [1.807, 2.05) is 6.07 Å². The van der Waals surface area contributed by atoms with Crippen molar-refractivity contribution in [3.63, 3.8) is 0 Å². The van der Waals surface area contributed by atoms with Crippen molar-refractivity contribution in [1.29, 1.82) is 0 Å². The maximum atomic E-state index is 2.26.